The highest BCUT2D eigenvalue weighted by atomic mass is 32.2. The van der Waals surface area contributed by atoms with E-state index >= 15 is 0 Å². The fraction of sp³-hybridized carbons (Fsp3) is 0.385. The monoisotopic (exact) mass is 310 g/mol. The lowest BCUT2D eigenvalue weighted by Crippen LogP contribution is -2.13. The second-order valence-electron chi connectivity index (χ2n) is 4.60. The third-order valence-electron chi connectivity index (χ3n) is 2.70. The molecule has 0 unspecified atom stereocenters. The van der Waals surface area contributed by atoms with Gasteiger partial charge in [0.05, 0.1) is 11.4 Å². The van der Waals surface area contributed by atoms with Crippen molar-refractivity contribution < 1.29 is 12.8 Å². The molecule has 114 valence electrons. The number of benzene rings is 1. The van der Waals surface area contributed by atoms with Crippen LogP contribution >= 0.6 is 0 Å². The van der Waals surface area contributed by atoms with Crippen LogP contribution in [-0.4, -0.2) is 31.4 Å². The van der Waals surface area contributed by atoms with Crippen molar-refractivity contribution in [3.63, 3.8) is 0 Å². The predicted octanol–water partition coefficient (Wildman–Crippen LogP) is 1.72. The van der Waals surface area contributed by atoms with E-state index in [1.54, 1.807) is 12.1 Å². The molecule has 0 aliphatic carbocycles. The fourth-order valence-corrected chi connectivity index (χ4v) is 2.29. The Labute approximate surface area is 123 Å². The van der Waals surface area contributed by atoms with Crippen molar-refractivity contribution in [3.8, 4) is 0 Å². The maximum absolute atomic E-state index is 11.4. The molecule has 0 bridgehead atoms. The third-order valence-corrected chi connectivity index (χ3v) is 3.83. The van der Waals surface area contributed by atoms with Gasteiger partial charge in [-0.25, -0.2) is 8.42 Å². The fourth-order valence-electron chi connectivity index (χ4n) is 1.66. The molecule has 0 fully saturated rings. The first kappa shape index (κ1) is 15.5. The zero-order valence-electron chi connectivity index (χ0n) is 12.0. The Bertz CT molecular complexity index is 680. The lowest BCUT2D eigenvalue weighted by Gasteiger charge is -2.02. The molecule has 1 aromatic heterocycles. The first-order valence-electron chi connectivity index (χ1n) is 6.59. The van der Waals surface area contributed by atoms with Gasteiger partial charge in [0.25, 0.3) is 0 Å². The number of sulfone groups is 1. The first-order valence-corrected chi connectivity index (χ1v) is 8.48. The molecule has 0 saturated heterocycles. The number of hydrogen-bond acceptors (Lipinski definition) is 7. The van der Waals surface area contributed by atoms with Gasteiger partial charge in [-0.3, -0.25) is 0 Å². The summed E-state index contributed by atoms with van der Waals surface area (Å²) in [6.07, 6.45) is 2.20. The molecule has 2 N–H and O–H groups in total. The maximum Gasteiger partial charge on any atom is 0.320 e. The van der Waals surface area contributed by atoms with Crippen LogP contribution < -0.4 is 10.6 Å². The van der Waals surface area contributed by atoms with Gasteiger partial charge in [0, 0.05) is 11.9 Å². The summed E-state index contributed by atoms with van der Waals surface area (Å²) in [4.78, 5) is 0.267. The van der Waals surface area contributed by atoms with E-state index in [2.05, 4.69) is 27.8 Å². The standard InChI is InChI=1S/C13H18N4O3S/c1-3-8-14-9-12-16-17-13(20-12)15-10-4-6-11(7-5-10)21(2,18)19/h4-7,14H,3,8-9H2,1-2H3,(H,15,17). The summed E-state index contributed by atoms with van der Waals surface area (Å²) in [6, 6.07) is 6.62. The first-order chi connectivity index (χ1) is 9.99. The van der Waals surface area contributed by atoms with Gasteiger partial charge >= 0.3 is 6.01 Å². The molecule has 8 heteroatoms. The van der Waals surface area contributed by atoms with Gasteiger partial charge in [-0.1, -0.05) is 12.0 Å². The molecule has 2 rings (SSSR count). The summed E-state index contributed by atoms with van der Waals surface area (Å²) >= 11 is 0. The van der Waals surface area contributed by atoms with Crippen LogP contribution in [0.3, 0.4) is 0 Å². The molecule has 7 nitrogen and oxygen atoms in total. The highest BCUT2D eigenvalue weighted by Crippen LogP contribution is 2.18. The van der Waals surface area contributed by atoms with E-state index in [-0.39, 0.29) is 10.9 Å². The second kappa shape index (κ2) is 6.68. The predicted molar refractivity (Wildman–Crippen MR) is 79.1 cm³/mol. The molecule has 0 atom stereocenters. The Morgan fingerprint density at radius 1 is 1.19 bits per heavy atom. The Hall–Kier alpha value is -1.93. The van der Waals surface area contributed by atoms with Crippen LogP contribution in [-0.2, 0) is 16.4 Å². The molecular weight excluding hydrogens is 292 g/mol. The average molecular weight is 310 g/mol. The minimum absolute atomic E-state index is 0.267. The van der Waals surface area contributed by atoms with Crippen molar-refractivity contribution in [1.29, 1.82) is 0 Å². The SMILES string of the molecule is CCCNCc1nnc(Nc2ccc(S(C)(=O)=O)cc2)o1. The molecular formula is C13H18N4O3S. The Morgan fingerprint density at radius 3 is 2.52 bits per heavy atom. The Kier molecular flexibility index (Phi) is 4.92. The smallest absolute Gasteiger partial charge is 0.320 e. The highest BCUT2D eigenvalue weighted by molar-refractivity contribution is 7.90. The summed E-state index contributed by atoms with van der Waals surface area (Å²) in [5.41, 5.74) is 0.680. The van der Waals surface area contributed by atoms with E-state index in [9.17, 15) is 8.42 Å². The van der Waals surface area contributed by atoms with Gasteiger partial charge in [0.1, 0.15) is 0 Å². The van der Waals surface area contributed by atoms with Gasteiger partial charge in [-0.2, -0.15) is 0 Å². The quantitative estimate of drug-likeness (QED) is 0.751. The number of hydrogen-bond donors (Lipinski definition) is 2. The molecule has 2 aromatic rings. The van der Waals surface area contributed by atoms with E-state index in [0.717, 1.165) is 13.0 Å². The van der Waals surface area contributed by atoms with Gasteiger partial charge in [-0.15, -0.1) is 5.10 Å². The summed E-state index contributed by atoms with van der Waals surface area (Å²) in [5.74, 6) is 0.499. The highest BCUT2D eigenvalue weighted by Gasteiger charge is 2.08. The lowest BCUT2D eigenvalue weighted by atomic mass is 10.3. The number of anilines is 2. The molecule has 1 heterocycles. The van der Waals surface area contributed by atoms with Gasteiger partial charge in [0.2, 0.25) is 5.89 Å². The van der Waals surface area contributed by atoms with Gasteiger partial charge in [-0.05, 0) is 37.2 Å². The number of rotatable bonds is 7. The van der Waals surface area contributed by atoms with Crippen molar-refractivity contribution >= 4 is 21.5 Å². The normalized spacial score (nSPS) is 11.5. The Balaban J connectivity index is 1.98. The van der Waals surface area contributed by atoms with Crippen LogP contribution in [0.15, 0.2) is 33.6 Å². The van der Waals surface area contributed by atoms with Crippen molar-refractivity contribution in [1.82, 2.24) is 15.5 Å². The van der Waals surface area contributed by atoms with Crippen LogP contribution in [0.5, 0.6) is 0 Å². The van der Waals surface area contributed by atoms with E-state index < -0.39 is 9.84 Å². The third kappa shape index (κ3) is 4.54. The number of aromatic nitrogens is 2. The topological polar surface area (TPSA) is 97.1 Å². The average Bonchev–Trinajstić information content (AvgIpc) is 2.86. The van der Waals surface area contributed by atoms with Crippen molar-refractivity contribution in [2.45, 2.75) is 24.8 Å². The van der Waals surface area contributed by atoms with Gasteiger partial charge < -0.3 is 15.1 Å². The lowest BCUT2D eigenvalue weighted by molar-refractivity contribution is 0.479. The van der Waals surface area contributed by atoms with Crippen LogP contribution in [0.1, 0.15) is 19.2 Å². The molecule has 1 aromatic carbocycles. The molecule has 0 saturated carbocycles. The van der Waals surface area contributed by atoms with Gasteiger partial charge in [0.15, 0.2) is 9.84 Å². The molecule has 0 radical (unpaired) electrons. The molecule has 0 spiro atoms. The summed E-state index contributed by atoms with van der Waals surface area (Å²) in [6.45, 7) is 3.49. The summed E-state index contributed by atoms with van der Waals surface area (Å²) in [5, 5.41) is 13.9. The van der Waals surface area contributed by atoms with Crippen LogP contribution in [0.25, 0.3) is 0 Å². The largest absolute Gasteiger partial charge is 0.406 e. The zero-order valence-corrected chi connectivity index (χ0v) is 12.8. The van der Waals surface area contributed by atoms with E-state index in [0.29, 0.717) is 18.1 Å². The van der Waals surface area contributed by atoms with Crippen LogP contribution in [0, 0.1) is 0 Å². The van der Waals surface area contributed by atoms with Crippen LogP contribution in [0.4, 0.5) is 11.7 Å². The van der Waals surface area contributed by atoms with Crippen molar-refractivity contribution in [2.24, 2.45) is 0 Å². The van der Waals surface area contributed by atoms with E-state index in [4.69, 9.17) is 4.42 Å². The summed E-state index contributed by atoms with van der Waals surface area (Å²) in [7, 11) is -3.19. The minimum Gasteiger partial charge on any atom is -0.406 e. The molecule has 0 aliphatic rings. The van der Waals surface area contributed by atoms with E-state index in [1.165, 1.54) is 18.4 Å². The van der Waals surface area contributed by atoms with Crippen molar-refractivity contribution in [2.75, 3.05) is 18.1 Å². The maximum atomic E-state index is 11.4. The number of nitrogens with zero attached hydrogens (tertiary/aromatic N) is 2. The zero-order chi connectivity index (χ0) is 15.3. The second-order valence-corrected chi connectivity index (χ2v) is 6.62. The van der Waals surface area contributed by atoms with Crippen molar-refractivity contribution in [3.05, 3.63) is 30.2 Å². The molecule has 0 aliphatic heterocycles. The Morgan fingerprint density at radius 2 is 1.90 bits per heavy atom. The molecule has 21 heavy (non-hydrogen) atoms. The summed E-state index contributed by atoms with van der Waals surface area (Å²) < 4.78 is 28.1. The van der Waals surface area contributed by atoms with E-state index in [1.807, 2.05) is 0 Å². The molecule has 0 amide bonds. The minimum atomic E-state index is -3.19. The van der Waals surface area contributed by atoms with Crippen LogP contribution in [0.2, 0.25) is 0 Å². The number of nitrogens with one attached hydrogen (secondary N) is 2.